The second-order valence-electron chi connectivity index (χ2n) is 10.1. The van der Waals surface area contributed by atoms with Gasteiger partial charge in [-0.2, -0.15) is 0 Å². The van der Waals surface area contributed by atoms with Crippen LogP contribution in [-0.2, 0) is 7.05 Å². The zero-order valence-electron chi connectivity index (χ0n) is 20.8. The number of anilines is 1. The summed E-state index contributed by atoms with van der Waals surface area (Å²) in [5, 5.41) is 12.7. The average Bonchev–Trinajstić information content (AvgIpc) is 3.44. The molecule has 2 fully saturated rings. The first-order valence-electron chi connectivity index (χ1n) is 12.9. The third-order valence-electron chi connectivity index (χ3n) is 7.83. The number of carbonyl (C=O) groups is 1. The quantitative estimate of drug-likeness (QED) is 0.370. The molecule has 2 aliphatic rings. The topological polar surface area (TPSA) is 147 Å². The number of aryl methyl sites for hydroxylation is 1. The number of piperidine rings is 1. The van der Waals surface area contributed by atoms with Gasteiger partial charge in [-0.15, -0.1) is 0 Å². The van der Waals surface area contributed by atoms with Gasteiger partial charge in [-0.3, -0.25) is 14.3 Å². The molecule has 0 atom stereocenters. The van der Waals surface area contributed by atoms with E-state index < -0.39 is 0 Å². The molecule has 1 amide bonds. The third kappa shape index (κ3) is 4.35. The molecule has 5 heterocycles. The lowest BCUT2D eigenvalue weighted by Gasteiger charge is -2.33. The molecule has 4 aromatic heterocycles. The molecule has 1 aliphatic carbocycles. The number of aromatic nitrogens is 7. The molecular formula is C25H31N9O3. The van der Waals surface area contributed by atoms with Crippen LogP contribution in [-0.4, -0.2) is 70.8 Å². The summed E-state index contributed by atoms with van der Waals surface area (Å²) in [6.45, 7) is 1.97. The minimum Gasteiger partial charge on any atom is -0.393 e. The summed E-state index contributed by atoms with van der Waals surface area (Å²) >= 11 is 0. The molecule has 12 nitrogen and oxygen atoms in total. The molecule has 0 aromatic carbocycles. The number of rotatable bonds is 5. The van der Waals surface area contributed by atoms with Gasteiger partial charge >= 0.3 is 5.69 Å². The highest BCUT2D eigenvalue weighted by atomic mass is 16.3. The summed E-state index contributed by atoms with van der Waals surface area (Å²) in [4.78, 5) is 48.5. The van der Waals surface area contributed by atoms with E-state index in [0.29, 0.717) is 54.0 Å². The number of amides is 1. The van der Waals surface area contributed by atoms with Crippen LogP contribution in [0.2, 0.25) is 0 Å². The number of aliphatic hydroxyl groups is 1. The fourth-order valence-corrected chi connectivity index (χ4v) is 5.74. The van der Waals surface area contributed by atoms with Gasteiger partial charge in [-0.05, 0) is 56.6 Å². The van der Waals surface area contributed by atoms with Crippen LogP contribution in [0, 0.1) is 5.92 Å². The number of nitrogens with zero attached hydrogens (tertiary/aromatic N) is 7. The van der Waals surface area contributed by atoms with Crippen LogP contribution in [0.1, 0.15) is 55.2 Å². The van der Waals surface area contributed by atoms with Crippen molar-refractivity contribution in [3.05, 3.63) is 41.0 Å². The molecule has 1 saturated heterocycles. The minimum atomic E-state index is -0.233. The number of hydrogen-bond acceptors (Lipinski definition) is 8. The van der Waals surface area contributed by atoms with E-state index in [1.165, 1.54) is 6.33 Å². The molecule has 0 spiro atoms. The van der Waals surface area contributed by atoms with Gasteiger partial charge in [-0.1, -0.05) is 0 Å². The number of nitrogens with one attached hydrogen (secondary N) is 2. The van der Waals surface area contributed by atoms with Crippen molar-refractivity contribution >= 4 is 34.1 Å². The Labute approximate surface area is 212 Å². The lowest BCUT2D eigenvalue weighted by Crippen LogP contribution is -2.37. The highest BCUT2D eigenvalue weighted by Crippen LogP contribution is 2.30. The number of fused-ring (bicyclic) bond motifs is 2. The highest BCUT2D eigenvalue weighted by Gasteiger charge is 2.28. The van der Waals surface area contributed by atoms with Crippen molar-refractivity contribution < 1.29 is 9.90 Å². The van der Waals surface area contributed by atoms with E-state index in [2.05, 4.69) is 35.1 Å². The molecule has 1 saturated carbocycles. The normalized spacial score (nSPS) is 21.1. The van der Waals surface area contributed by atoms with E-state index in [1.807, 2.05) is 16.7 Å². The Hall–Kier alpha value is -3.80. The number of pyridine rings is 1. The van der Waals surface area contributed by atoms with Crippen molar-refractivity contribution in [1.82, 2.24) is 39.4 Å². The summed E-state index contributed by atoms with van der Waals surface area (Å²) in [6.07, 6.45) is 7.90. The maximum atomic E-state index is 13.0. The number of imidazole rings is 2. The number of aromatic amines is 1. The number of hydrogen-bond donors (Lipinski definition) is 3. The van der Waals surface area contributed by atoms with Gasteiger partial charge in [0.2, 0.25) is 5.82 Å². The summed E-state index contributed by atoms with van der Waals surface area (Å²) in [7, 11) is 1.79. The Morgan fingerprint density at radius 1 is 1.14 bits per heavy atom. The van der Waals surface area contributed by atoms with Crippen LogP contribution in [0.25, 0.3) is 22.3 Å². The first-order valence-corrected chi connectivity index (χ1v) is 12.9. The van der Waals surface area contributed by atoms with Crippen LogP contribution >= 0.6 is 0 Å². The molecule has 3 N–H and O–H groups in total. The van der Waals surface area contributed by atoms with Crippen LogP contribution < -0.4 is 15.9 Å². The largest absolute Gasteiger partial charge is 0.393 e. The van der Waals surface area contributed by atoms with Crippen LogP contribution in [0.5, 0.6) is 0 Å². The molecule has 6 rings (SSSR count). The maximum absolute atomic E-state index is 13.0. The molecule has 1 aliphatic heterocycles. The van der Waals surface area contributed by atoms with Crippen molar-refractivity contribution in [3.63, 3.8) is 0 Å². The molecule has 37 heavy (non-hydrogen) atoms. The van der Waals surface area contributed by atoms with Crippen molar-refractivity contribution in [2.24, 2.45) is 13.0 Å². The highest BCUT2D eigenvalue weighted by molar-refractivity contribution is 5.96. The molecule has 0 bridgehead atoms. The smallest absolute Gasteiger partial charge is 0.327 e. The summed E-state index contributed by atoms with van der Waals surface area (Å²) < 4.78 is 3.52. The summed E-state index contributed by atoms with van der Waals surface area (Å²) in [5.74, 6) is 1.15. The van der Waals surface area contributed by atoms with Crippen molar-refractivity contribution in [3.8, 4) is 0 Å². The minimum absolute atomic E-state index is 0.0602. The molecular weight excluding hydrogens is 474 g/mol. The number of aliphatic hydroxyl groups excluding tert-OH is 1. The van der Waals surface area contributed by atoms with Gasteiger partial charge in [0.05, 0.1) is 11.6 Å². The first-order chi connectivity index (χ1) is 18.0. The molecule has 0 radical (unpaired) electrons. The van der Waals surface area contributed by atoms with Crippen LogP contribution in [0.4, 0.5) is 5.82 Å². The van der Waals surface area contributed by atoms with E-state index in [9.17, 15) is 14.7 Å². The van der Waals surface area contributed by atoms with Gasteiger partial charge < -0.3 is 19.9 Å². The van der Waals surface area contributed by atoms with Crippen LogP contribution in [0.3, 0.4) is 0 Å². The monoisotopic (exact) mass is 505 g/mol. The van der Waals surface area contributed by atoms with Crippen molar-refractivity contribution in [1.29, 1.82) is 0 Å². The fourth-order valence-electron chi connectivity index (χ4n) is 5.74. The van der Waals surface area contributed by atoms with E-state index in [1.54, 1.807) is 17.8 Å². The second kappa shape index (κ2) is 9.58. The Morgan fingerprint density at radius 2 is 1.92 bits per heavy atom. The zero-order chi connectivity index (χ0) is 25.5. The SMILES string of the molecule is Cn1c(C(=O)NCC2CCC(O)CC2)nc2c(N3CCC(n4c(=O)[nH]c5ncccc54)CC3)ncnc21. The number of H-pyrrole nitrogens is 1. The first kappa shape index (κ1) is 23.6. The Morgan fingerprint density at radius 3 is 2.70 bits per heavy atom. The van der Waals surface area contributed by atoms with Crippen molar-refractivity contribution in [2.75, 3.05) is 24.5 Å². The second-order valence-corrected chi connectivity index (χ2v) is 10.1. The van der Waals surface area contributed by atoms with Gasteiger partial charge in [0.25, 0.3) is 5.91 Å². The predicted octanol–water partition coefficient (Wildman–Crippen LogP) is 1.52. The molecule has 12 heteroatoms. The van der Waals surface area contributed by atoms with Crippen LogP contribution in [0.15, 0.2) is 29.5 Å². The van der Waals surface area contributed by atoms with Gasteiger partial charge in [0, 0.05) is 38.9 Å². The van der Waals surface area contributed by atoms with E-state index in [0.717, 1.165) is 44.0 Å². The average molecular weight is 506 g/mol. The Balaban J connectivity index is 1.18. The Kier molecular flexibility index (Phi) is 6.11. The summed E-state index contributed by atoms with van der Waals surface area (Å²) in [6, 6.07) is 3.82. The van der Waals surface area contributed by atoms with Crippen molar-refractivity contribution in [2.45, 2.75) is 50.7 Å². The summed E-state index contributed by atoms with van der Waals surface area (Å²) in [5.41, 5.74) is 2.49. The zero-order valence-corrected chi connectivity index (χ0v) is 20.8. The third-order valence-corrected chi connectivity index (χ3v) is 7.83. The standard InChI is InChI=1S/C25H31N9O3/c1-32-21-19(30-23(32)24(36)27-13-15-4-6-17(35)7-5-15)22(29-14-28-21)33-11-8-16(9-12-33)34-18-3-2-10-26-20(18)31-25(34)37/h2-3,10,14-17,35H,4-9,11-13H2,1H3,(H,27,36)(H,26,31,37). The van der Waals surface area contributed by atoms with Gasteiger partial charge in [0.15, 0.2) is 22.6 Å². The fraction of sp³-hybridized carbons (Fsp3) is 0.520. The van der Waals surface area contributed by atoms with Gasteiger partial charge in [0.1, 0.15) is 6.33 Å². The van der Waals surface area contributed by atoms with E-state index in [4.69, 9.17) is 0 Å². The maximum Gasteiger partial charge on any atom is 0.327 e. The molecule has 194 valence electrons. The molecule has 4 aromatic rings. The lowest BCUT2D eigenvalue weighted by atomic mass is 9.87. The van der Waals surface area contributed by atoms with Gasteiger partial charge in [-0.25, -0.2) is 24.7 Å². The molecule has 0 unspecified atom stereocenters. The van der Waals surface area contributed by atoms with E-state index >= 15 is 0 Å². The lowest BCUT2D eigenvalue weighted by molar-refractivity contribution is 0.0899. The van der Waals surface area contributed by atoms with E-state index in [-0.39, 0.29) is 23.7 Å². The number of carbonyl (C=O) groups excluding carboxylic acids is 1. The predicted molar refractivity (Wildman–Crippen MR) is 137 cm³/mol. The Bertz CT molecular complexity index is 1490.